The van der Waals surface area contributed by atoms with Crippen LogP contribution < -0.4 is 16.4 Å². The lowest BCUT2D eigenvalue weighted by Gasteiger charge is -2.44. The molecule has 0 aromatic rings. The highest BCUT2D eigenvalue weighted by atomic mass is 16.7. The van der Waals surface area contributed by atoms with Crippen LogP contribution in [-0.4, -0.2) is 75.7 Å². The van der Waals surface area contributed by atoms with Crippen LogP contribution in [-0.2, 0) is 33.3 Å². The van der Waals surface area contributed by atoms with Crippen LogP contribution in [0.3, 0.4) is 0 Å². The molecule has 0 spiro atoms. The van der Waals surface area contributed by atoms with Gasteiger partial charge in [0, 0.05) is 26.8 Å². The Morgan fingerprint density at radius 1 is 1.03 bits per heavy atom. The molecule has 1 saturated heterocycles. The maximum Gasteiger partial charge on any atom is 0.302 e. The SMILES string of the molecule is CC(=O)NC1C(OCCOCCC(=O)NCCCCN)OC(COC(C)=O)C(C)C1C. The molecule has 5 unspecified atom stereocenters. The largest absolute Gasteiger partial charge is 0.463 e. The van der Waals surface area contributed by atoms with Crippen LogP contribution in [0.5, 0.6) is 0 Å². The van der Waals surface area contributed by atoms with Crippen LogP contribution in [0, 0.1) is 11.8 Å². The first kappa shape index (κ1) is 27.3. The van der Waals surface area contributed by atoms with Crippen LogP contribution in [0.1, 0.15) is 47.0 Å². The molecule has 0 aromatic heterocycles. The number of esters is 1. The second kappa shape index (κ2) is 15.1. The Morgan fingerprint density at radius 3 is 2.42 bits per heavy atom. The molecule has 0 radical (unpaired) electrons. The molecule has 0 bridgehead atoms. The predicted molar refractivity (Wildman–Crippen MR) is 114 cm³/mol. The molecule has 1 heterocycles. The highest BCUT2D eigenvalue weighted by molar-refractivity contribution is 5.75. The summed E-state index contributed by atoms with van der Waals surface area (Å²) in [5, 5.41) is 5.71. The first-order valence-electron chi connectivity index (χ1n) is 11.0. The molecule has 31 heavy (non-hydrogen) atoms. The van der Waals surface area contributed by atoms with Gasteiger partial charge < -0.3 is 35.3 Å². The summed E-state index contributed by atoms with van der Waals surface area (Å²) >= 11 is 0. The Morgan fingerprint density at radius 2 is 1.77 bits per heavy atom. The van der Waals surface area contributed by atoms with E-state index in [-0.39, 0.29) is 74.6 Å². The molecule has 0 aliphatic carbocycles. The molecule has 0 aromatic carbocycles. The van der Waals surface area contributed by atoms with Gasteiger partial charge in [-0.15, -0.1) is 0 Å². The number of rotatable bonds is 14. The first-order valence-corrected chi connectivity index (χ1v) is 11.0. The van der Waals surface area contributed by atoms with Crippen molar-refractivity contribution < 1.29 is 33.3 Å². The molecular formula is C21H39N3O7. The van der Waals surface area contributed by atoms with E-state index in [1.807, 2.05) is 13.8 Å². The van der Waals surface area contributed by atoms with E-state index in [9.17, 15) is 14.4 Å². The van der Waals surface area contributed by atoms with E-state index in [1.165, 1.54) is 13.8 Å². The fraction of sp³-hybridized carbons (Fsp3) is 0.857. The summed E-state index contributed by atoms with van der Waals surface area (Å²) in [5.41, 5.74) is 5.41. The van der Waals surface area contributed by atoms with Crippen LogP contribution in [0.15, 0.2) is 0 Å². The minimum absolute atomic E-state index is 0.0482. The smallest absolute Gasteiger partial charge is 0.302 e. The zero-order chi connectivity index (χ0) is 23.2. The summed E-state index contributed by atoms with van der Waals surface area (Å²) < 4.78 is 22.4. The zero-order valence-corrected chi connectivity index (χ0v) is 19.2. The standard InChI is InChI=1S/C21H39N3O7/c1-14-15(2)20(24-16(3)25)21(31-18(14)13-30-17(4)26)29-12-11-28-10-7-19(27)23-9-6-5-8-22/h14-15,18,20-21H,5-13,22H2,1-4H3,(H,23,27)(H,24,25). The van der Waals surface area contributed by atoms with Gasteiger partial charge in [-0.1, -0.05) is 13.8 Å². The zero-order valence-electron chi connectivity index (χ0n) is 19.2. The van der Waals surface area contributed by atoms with Gasteiger partial charge in [0.1, 0.15) is 6.61 Å². The molecule has 10 heteroatoms. The summed E-state index contributed by atoms with van der Waals surface area (Å²) in [6.45, 7) is 8.97. The normalized spacial score (nSPS) is 25.6. The molecule has 1 rings (SSSR count). The average Bonchev–Trinajstić information content (AvgIpc) is 2.71. The van der Waals surface area contributed by atoms with E-state index < -0.39 is 6.29 Å². The maximum absolute atomic E-state index is 11.7. The highest BCUT2D eigenvalue weighted by Crippen LogP contribution is 2.31. The molecule has 1 fully saturated rings. The average molecular weight is 446 g/mol. The van der Waals surface area contributed by atoms with E-state index in [0.717, 1.165) is 12.8 Å². The lowest BCUT2D eigenvalue weighted by molar-refractivity contribution is -0.246. The minimum Gasteiger partial charge on any atom is -0.463 e. The fourth-order valence-electron chi connectivity index (χ4n) is 3.34. The molecule has 180 valence electrons. The number of amides is 2. The van der Waals surface area contributed by atoms with Gasteiger partial charge in [-0.05, 0) is 31.2 Å². The second-order valence-electron chi connectivity index (χ2n) is 7.87. The molecule has 5 atom stereocenters. The van der Waals surface area contributed by atoms with Crippen molar-refractivity contribution in [3.05, 3.63) is 0 Å². The third-order valence-corrected chi connectivity index (χ3v) is 5.34. The third-order valence-electron chi connectivity index (χ3n) is 5.34. The van der Waals surface area contributed by atoms with Crippen molar-refractivity contribution >= 4 is 17.8 Å². The number of nitrogens with two attached hydrogens (primary N) is 1. The third kappa shape index (κ3) is 10.9. The molecule has 2 amide bonds. The Kier molecular flexibility index (Phi) is 13.3. The first-order chi connectivity index (χ1) is 14.8. The topological polar surface area (TPSA) is 138 Å². The van der Waals surface area contributed by atoms with Crippen LogP contribution >= 0.6 is 0 Å². The molecule has 1 aliphatic rings. The Hall–Kier alpha value is -1.75. The number of nitrogens with one attached hydrogen (secondary N) is 2. The summed E-state index contributed by atoms with van der Waals surface area (Å²) in [7, 11) is 0. The number of carbonyl (C=O) groups is 3. The van der Waals surface area contributed by atoms with Crippen molar-refractivity contribution in [2.75, 3.05) is 39.5 Å². The number of hydrogen-bond acceptors (Lipinski definition) is 8. The second-order valence-corrected chi connectivity index (χ2v) is 7.87. The van der Waals surface area contributed by atoms with Crippen molar-refractivity contribution in [1.29, 1.82) is 0 Å². The molecule has 1 aliphatic heterocycles. The Bertz CT molecular complexity index is 559. The number of unbranched alkanes of at least 4 members (excludes halogenated alkanes) is 1. The Balaban J connectivity index is 2.41. The number of hydrogen-bond donors (Lipinski definition) is 3. The van der Waals surface area contributed by atoms with Crippen molar-refractivity contribution in [2.45, 2.75) is 65.4 Å². The minimum atomic E-state index is -0.690. The van der Waals surface area contributed by atoms with Gasteiger partial charge >= 0.3 is 5.97 Å². The van der Waals surface area contributed by atoms with Crippen molar-refractivity contribution in [1.82, 2.24) is 10.6 Å². The lowest BCUT2D eigenvalue weighted by atomic mass is 9.82. The van der Waals surface area contributed by atoms with E-state index >= 15 is 0 Å². The molecule has 0 saturated carbocycles. The predicted octanol–water partition coefficient (Wildman–Crippen LogP) is 0.330. The van der Waals surface area contributed by atoms with Gasteiger partial charge in [0.25, 0.3) is 0 Å². The van der Waals surface area contributed by atoms with Gasteiger partial charge in [-0.3, -0.25) is 14.4 Å². The van der Waals surface area contributed by atoms with Gasteiger partial charge in [-0.25, -0.2) is 0 Å². The van der Waals surface area contributed by atoms with Gasteiger partial charge in [0.05, 0.1) is 32.0 Å². The summed E-state index contributed by atoms with van der Waals surface area (Å²) in [5.74, 6) is -0.506. The van der Waals surface area contributed by atoms with Crippen molar-refractivity contribution in [3.63, 3.8) is 0 Å². The number of ether oxygens (including phenoxy) is 4. The van der Waals surface area contributed by atoms with Crippen molar-refractivity contribution in [2.24, 2.45) is 17.6 Å². The van der Waals surface area contributed by atoms with Gasteiger partial charge in [0.2, 0.25) is 11.8 Å². The lowest BCUT2D eigenvalue weighted by Crippen LogP contribution is -2.58. The monoisotopic (exact) mass is 445 g/mol. The summed E-state index contributed by atoms with van der Waals surface area (Å²) in [6, 6.07) is -0.333. The van der Waals surface area contributed by atoms with Crippen LogP contribution in [0.2, 0.25) is 0 Å². The molecule has 4 N–H and O–H groups in total. The van der Waals surface area contributed by atoms with Gasteiger partial charge in [0.15, 0.2) is 6.29 Å². The van der Waals surface area contributed by atoms with E-state index in [1.54, 1.807) is 0 Å². The summed E-state index contributed by atoms with van der Waals surface area (Å²) in [6.07, 6.45) is 0.998. The molecule has 10 nitrogen and oxygen atoms in total. The van der Waals surface area contributed by atoms with E-state index in [2.05, 4.69) is 10.6 Å². The van der Waals surface area contributed by atoms with E-state index in [0.29, 0.717) is 13.1 Å². The molecular weight excluding hydrogens is 406 g/mol. The maximum atomic E-state index is 11.7. The van der Waals surface area contributed by atoms with Gasteiger partial charge in [-0.2, -0.15) is 0 Å². The number of carbonyl (C=O) groups excluding carboxylic acids is 3. The fourth-order valence-corrected chi connectivity index (χ4v) is 3.34. The highest BCUT2D eigenvalue weighted by Gasteiger charge is 2.42. The Labute approximate surface area is 184 Å². The summed E-state index contributed by atoms with van der Waals surface area (Å²) in [4.78, 5) is 34.5. The van der Waals surface area contributed by atoms with Crippen LogP contribution in [0.4, 0.5) is 0 Å². The van der Waals surface area contributed by atoms with Crippen LogP contribution in [0.25, 0.3) is 0 Å². The quantitative estimate of drug-likeness (QED) is 0.257. The van der Waals surface area contributed by atoms with Crippen molar-refractivity contribution in [3.8, 4) is 0 Å². The van der Waals surface area contributed by atoms with E-state index in [4.69, 9.17) is 24.7 Å².